The maximum Gasteiger partial charge on any atom is 0.322 e. The largest absolute Gasteiger partial charge is 0.495 e. The van der Waals surface area contributed by atoms with Gasteiger partial charge in [-0.25, -0.2) is 14.8 Å². The number of carbonyl (C=O) groups excluding carboxylic acids is 1. The highest BCUT2D eigenvalue weighted by molar-refractivity contribution is 5.91. The van der Waals surface area contributed by atoms with E-state index in [2.05, 4.69) is 15.3 Å². The van der Waals surface area contributed by atoms with E-state index < -0.39 is 0 Å². The molecule has 0 radical (unpaired) electrons. The van der Waals surface area contributed by atoms with Gasteiger partial charge in [-0.15, -0.1) is 0 Å². The summed E-state index contributed by atoms with van der Waals surface area (Å²) in [5.41, 5.74) is 2.79. The lowest BCUT2D eigenvalue weighted by molar-refractivity contribution is 0.208. The number of anilines is 2. The first-order valence-corrected chi connectivity index (χ1v) is 10.3. The molecule has 162 valence electrons. The van der Waals surface area contributed by atoms with Gasteiger partial charge in [-0.05, 0) is 43.7 Å². The van der Waals surface area contributed by atoms with Gasteiger partial charge in [0.15, 0.2) is 11.5 Å². The molecule has 3 aromatic rings. The summed E-state index contributed by atoms with van der Waals surface area (Å²) in [5.74, 6) is 1.02. The number of nitrogens with zero attached hydrogens (tertiary/aromatic N) is 5. The van der Waals surface area contributed by atoms with E-state index in [9.17, 15) is 9.59 Å². The topological polar surface area (TPSA) is 92.6 Å². The van der Waals surface area contributed by atoms with E-state index in [1.54, 1.807) is 22.8 Å². The van der Waals surface area contributed by atoms with Gasteiger partial charge in [0.2, 0.25) is 0 Å². The number of carbonyl (C=O) groups is 1. The Bertz CT molecular complexity index is 1170. The molecule has 1 aliphatic heterocycles. The quantitative estimate of drug-likeness (QED) is 0.694. The van der Waals surface area contributed by atoms with Gasteiger partial charge in [0.1, 0.15) is 11.3 Å². The zero-order valence-electron chi connectivity index (χ0n) is 18.0. The van der Waals surface area contributed by atoms with Crippen LogP contribution in [0.3, 0.4) is 0 Å². The van der Waals surface area contributed by atoms with Crippen LogP contribution in [0.2, 0.25) is 0 Å². The molecule has 1 aliphatic rings. The van der Waals surface area contributed by atoms with Gasteiger partial charge < -0.3 is 19.9 Å². The Hall–Kier alpha value is -3.62. The molecule has 1 aromatic carbocycles. The van der Waals surface area contributed by atoms with Crippen LogP contribution in [0.1, 0.15) is 12.5 Å². The lowest BCUT2D eigenvalue weighted by atomic mass is 10.2. The van der Waals surface area contributed by atoms with E-state index in [-0.39, 0.29) is 11.6 Å². The molecule has 2 amide bonds. The normalized spacial score (nSPS) is 14.0. The minimum Gasteiger partial charge on any atom is -0.495 e. The molecule has 0 aliphatic carbocycles. The molecule has 0 atom stereocenters. The SMILES string of the molecule is CCn1c(=O)c(N2CCN(C(=O)Nc3cc(C)ccc3OC)CC2)nc2cccnc21. The fourth-order valence-corrected chi connectivity index (χ4v) is 3.80. The second-order valence-corrected chi connectivity index (χ2v) is 7.44. The molecule has 1 N–H and O–H groups in total. The summed E-state index contributed by atoms with van der Waals surface area (Å²) in [6.45, 7) is 6.41. The third-order valence-corrected chi connectivity index (χ3v) is 5.46. The van der Waals surface area contributed by atoms with Crippen molar-refractivity contribution in [3.8, 4) is 5.75 Å². The van der Waals surface area contributed by atoms with E-state index in [0.717, 1.165) is 5.56 Å². The summed E-state index contributed by atoms with van der Waals surface area (Å²) in [5, 5.41) is 2.93. The molecule has 0 bridgehead atoms. The molecule has 31 heavy (non-hydrogen) atoms. The molecule has 3 heterocycles. The number of benzene rings is 1. The number of piperazine rings is 1. The minimum absolute atomic E-state index is 0.156. The van der Waals surface area contributed by atoms with Gasteiger partial charge in [0.25, 0.3) is 5.56 Å². The minimum atomic E-state index is -0.190. The van der Waals surface area contributed by atoms with E-state index in [4.69, 9.17) is 4.74 Å². The third kappa shape index (κ3) is 4.03. The number of ether oxygens (including phenoxy) is 1. The lowest BCUT2D eigenvalue weighted by Crippen LogP contribution is -2.51. The van der Waals surface area contributed by atoms with Crippen molar-refractivity contribution >= 4 is 28.7 Å². The monoisotopic (exact) mass is 422 g/mol. The van der Waals surface area contributed by atoms with Crippen molar-refractivity contribution < 1.29 is 9.53 Å². The molecular formula is C22H26N6O3. The Morgan fingerprint density at radius 2 is 1.97 bits per heavy atom. The highest BCUT2D eigenvalue weighted by Crippen LogP contribution is 2.25. The van der Waals surface area contributed by atoms with Gasteiger partial charge in [0.05, 0.1) is 12.8 Å². The molecule has 0 spiro atoms. The van der Waals surface area contributed by atoms with Crippen LogP contribution in [0, 0.1) is 6.92 Å². The number of nitrogens with one attached hydrogen (secondary N) is 1. The number of amides is 2. The number of hydrogen-bond donors (Lipinski definition) is 1. The van der Waals surface area contributed by atoms with Crippen LogP contribution >= 0.6 is 0 Å². The summed E-state index contributed by atoms with van der Waals surface area (Å²) in [6, 6.07) is 9.13. The third-order valence-electron chi connectivity index (χ3n) is 5.46. The number of aryl methyl sites for hydroxylation is 2. The molecule has 0 saturated carbocycles. The van der Waals surface area contributed by atoms with Gasteiger partial charge in [-0.1, -0.05) is 6.07 Å². The van der Waals surface area contributed by atoms with Crippen molar-refractivity contribution in [1.82, 2.24) is 19.4 Å². The highest BCUT2D eigenvalue weighted by Gasteiger charge is 2.25. The lowest BCUT2D eigenvalue weighted by Gasteiger charge is -2.35. The number of pyridine rings is 1. The number of aromatic nitrogens is 3. The first-order valence-electron chi connectivity index (χ1n) is 10.3. The molecule has 2 aromatic heterocycles. The molecule has 1 saturated heterocycles. The van der Waals surface area contributed by atoms with Crippen LogP contribution in [-0.4, -0.2) is 58.8 Å². The van der Waals surface area contributed by atoms with Crippen molar-refractivity contribution in [2.75, 3.05) is 43.5 Å². The highest BCUT2D eigenvalue weighted by atomic mass is 16.5. The summed E-state index contributed by atoms with van der Waals surface area (Å²) in [6.07, 6.45) is 1.66. The number of urea groups is 1. The number of fused-ring (bicyclic) bond motifs is 1. The van der Waals surface area contributed by atoms with Gasteiger partial charge in [-0.3, -0.25) is 9.36 Å². The Morgan fingerprint density at radius 3 is 2.68 bits per heavy atom. The Morgan fingerprint density at radius 1 is 1.19 bits per heavy atom. The predicted molar refractivity (Wildman–Crippen MR) is 120 cm³/mol. The Kier molecular flexibility index (Phi) is 5.75. The van der Waals surface area contributed by atoms with Crippen LogP contribution in [0.5, 0.6) is 5.75 Å². The first kappa shape index (κ1) is 20.6. The number of rotatable bonds is 4. The summed E-state index contributed by atoms with van der Waals surface area (Å²) in [4.78, 5) is 38.3. The van der Waals surface area contributed by atoms with E-state index in [0.29, 0.717) is 61.1 Å². The molecular weight excluding hydrogens is 396 g/mol. The van der Waals surface area contributed by atoms with Crippen molar-refractivity contribution in [1.29, 1.82) is 0 Å². The maximum absolute atomic E-state index is 13.0. The first-order chi connectivity index (χ1) is 15.0. The van der Waals surface area contributed by atoms with Crippen LogP contribution in [0.25, 0.3) is 11.2 Å². The summed E-state index contributed by atoms with van der Waals surface area (Å²) < 4.78 is 6.98. The van der Waals surface area contributed by atoms with Crippen LogP contribution in [0.15, 0.2) is 41.3 Å². The Balaban J connectivity index is 1.49. The molecule has 9 nitrogen and oxygen atoms in total. The van der Waals surface area contributed by atoms with Gasteiger partial charge in [0, 0.05) is 38.9 Å². The standard InChI is InChI=1S/C22H26N6O3/c1-4-28-19-16(6-5-9-23-19)24-20(21(28)29)26-10-12-27(13-11-26)22(30)25-17-14-15(2)7-8-18(17)31-3/h5-9,14H,4,10-13H2,1-3H3,(H,25,30). The fourth-order valence-electron chi connectivity index (χ4n) is 3.80. The smallest absolute Gasteiger partial charge is 0.322 e. The summed E-state index contributed by atoms with van der Waals surface area (Å²) >= 11 is 0. The van der Waals surface area contributed by atoms with E-state index >= 15 is 0 Å². The van der Waals surface area contributed by atoms with Crippen molar-refractivity contribution in [3.63, 3.8) is 0 Å². The zero-order valence-corrected chi connectivity index (χ0v) is 18.0. The van der Waals surface area contributed by atoms with E-state index in [1.165, 1.54) is 0 Å². The average molecular weight is 422 g/mol. The van der Waals surface area contributed by atoms with Crippen molar-refractivity contribution in [2.45, 2.75) is 20.4 Å². The van der Waals surface area contributed by atoms with Crippen LogP contribution in [0.4, 0.5) is 16.3 Å². The van der Waals surface area contributed by atoms with E-state index in [1.807, 2.05) is 49.1 Å². The molecule has 1 fully saturated rings. The van der Waals surface area contributed by atoms with Crippen LogP contribution in [-0.2, 0) is 6.54 Å². The molecule has 4 rings (SSSR count). The van der Waals surface area contributed by atoms with Crippen molar-refractivity contribution in [3.05, 3.63) is 52.4 Å². The zero-order chi connectivity index (χ0) is 22.0. The second kappa shape index (κ2) is 8.63. The predicted octanol–water partition coefficient (Wildman–Crippen LogP) is 2.48. The second-order valence-electron chi connectivity index (χ2n) is 7.44. The molecule has 9 heteroatoms. The molecule has 0 unspecified atom stereocenters. The van der Waals surface area contributed by atoms with Crippen molar-refractivity contribution in [2.24, 2.45) is 0 Å². The van der Waals surface area contributed by atoms with Gasteiger partial charge >= 0.3 is 6.03 Å². The number of hydrogen-bond acceptors (Lipinski definition) is 6. The average Bonchev–Trinajstić information content (AvgIpc) is 2.79. The Labute approximate surface area is 180 Å². The maximum atomic E-state index is 13.0. The summed E-state index contributed by atoms with van der Waals surface area (Å²) in [7, 11) is 1.58. The van der Waals surface area contributed by atoms with Crippen LogP contribution < -0.4 is 20.5 Å². The fraction of sp³-hybridized carbons (Fsp3) is 0.364. The van der Waals surface area contributed by atoms with Gasteiger partial charge in [-0.2, -0.15) is 0 Å². The number of methoxy groups -OCH3 is 1.